The molecule has 1 N–H and O–H groups in total. The third kappa shape index (κ3) is 28.6. The van der Waals surface area contributed by atoms with Crippen LogP contribution >= 0.6 is 23.4 Å². The van der Waals surface area contributed by atoms with Crippen LogP contribution in [0.2, 0.25) is 5.02 Å². The van der Waals surface area contributed by atoms with Crippen molar-refractivity contribution in [1.82, 2.24) is 5.32 Å². The van der Waals surface area contributed by atoms with E-state index in [1.807, 2.05) is 184 Å². The smallest absolute Gasteiger partial charge is 0.303 e. The van der Waals surface area contributed by atoms with Gasteiger partial charge in [-0.25, -0.2) is 8.42 Å². The highest BCUT2D eigenvalue weighted by Crippen LogP contribution is 2.32. The maximum absolute atomic E-state index is 13.2. The molecule has 21 nitrogen and oxygen atoms in total. The molecule has 31 heteroatoms. The average Bonchev–Trinajstić information content (AvgIpc) is 1.62. The topological polar surface area (TPSA) is 291 Å². The Kier molecular flexibility index (Phi) is 34.7. The Morgan fingerprint density at radius 1 is 0.472 bits per heavy atom. The van der Waals surface area contributed by atoms with Crippen LogP contribution < -0.4 is 5.32 Å². The first-order valence-corrected chi connectivity index (χ1v) is 47.1. The fourth-order valence-corrected chi connectivity index (χ4v) is 17.1. The second kappa shape index (κ2) is 46.4. The summed E-state index contributed by atoms with van der Waals surface area (Å²) in [6.45, 7) is 5.80. The molecule has 0 radical (unpaired) electrons. The molecule has 2 unspecified atom stereocenters. The van der Waals surface area contributed by atoms with Crippen molar-refractivity contribution in [2.75, 3.05) is 0 Å². The molecule has 0 aliphatic heterocycles. The van der Waals surface area contributed by atoms with Crippen LogP contribution in [0.15, 0.2) is 400 Å². The van der Waals surface area contributed by atoms with Crippen molar-refractivity contribution in [3.05, 3.63) is 400 Å². The number of carbonyl (C=O) groups is 2. The number of amides is 1. The van der Waals surface area contributed by atoms with Gasteiger partial charge in [-0.1, -0.05) is 294 Å². The van der Waals surface area contributed by atoms with E-state index < -0.39 is 76.0 Å². The average molecular weight is 1850 g/mol. The molecule has 2 aliphatic rings. The molecule has 652 valence electrons. The number of halogens is 4. The van der Waals surface area contributed by atoms with Gasteiger partial charge in [-0.2, -0.15) is 38.4 Å². The largest absolute Gasteiger partial charge is 0.416 e. The fourth-order valence-electron chi connectivity index (χ4n) is 12.3. The number of amidine groups is 1. The van der Waals surface area contributed by atoms with Crippen molar-refractivity contribution in [3.63, 3.8) is 0 Å². The van der Waals surface area contributed by atoms with Gasteiger partial charge in [-0.05, 0) is 194 Å². The standard InChI is InChI=1S/C27H29NO4S2.C21H15F3N2O4S.C18H15NO2S.C15H12ClNO3S.C15H13NO2S/c1-3-4-5-9-12-26(28-32-34(30,31)25-19-13-21(2)14-20-25)27(29)22-15-17-24(18-16-22)33-23-10-7-6-8-11-23;22-21(23,24)17-11-7-10-16(14-17)19(25-20(27)15-8-3-1-4-9-15)26-30-31(28,29)18-12-5-2-6-13-18;1-14(15-8-3-2-4-9-15)19-21-22(20)18-13-7-11-16-10-5-6-12-17(16)18;16-13-6-3-7-15(10-13)21(18,19)20-17-14-8-11-4-1-2-5-12(11)9-14;17-19(13-7-2-1-3-8-13)18-16-15-11-10-12-6-4-5-9-14(12)15/h6-8,10-11,13-20H,3-5,9,12H2,1-2H3;1-14H,(H,25,26,27);2-13H,1H3;1-7,10H,8-9H2;1-9H,10-11H2/b28-26+;;19-14+;;16-15+. The molecule has 13 aromatic rings. The fraction of sp³-hybridized carbons (Fsp3) is 0.135. The van der Waals surface area contributed by atoms with Gasteiger partial charge in [0, 0.05) is 55.3 Å². The van der Waals surface area contributed by atoms with E-state index in [1.165, 1.54) is 72.3 Å². The number of alkyl halides is 3. The number of aryl methyl sites for hydroxylation is 2. The minimum Gasteiger partial charge on any atom is -0.303 e. The molecule has 2 aliphatic carbocycles. The molecule has 1 amide bonds. The molecule has 0 heterocycles. The number of benzene rings is 13. The second-order valence-electron chi connectivity index (χ2n) is 28.1. The molecule has 0 saturated carbocycles. The van der Waals surface area contributed by atoms with Crippen molar-refractivity contribution in [2.24, 2.45) is 25.8 Å². The number of Topliss-reactive ketones (excluding diaryl/α,β-unsaturated/α-hetero) is 1. The van der Waals surface area contributed by atoms with E-state index in [0.29, 0.717) is 51.1 Å². The van der Waals surface area contributed by atoms with Gasteiger partial charge in [0.2, 0.25) is 5.78 Å². The summed E-state index contributed by atoms with van der Waals surface area (Å²) < 4.78 is 162. The monoisotopic (exact) mass is 1840 g/mol. The van der Waals surface area contributed by atoms with Gasteiger partial charge in [0.05, 0.1) is 32.5 Å². The molecular formula is C96H84ClF3N6O15S6. The zero-order valence-corrected chi connectivity index (χ0v) is 74.2. The van der Waals surface area contributed by atoms with Crippen LogP contribution in [0, 0.1) is 6.92 Å². The Morgan fingerprint density at radius 3 is 1.65 bits per heavy atom. The lowest BCUT2D eigenvalue weighted by atomic mass is 10.0. The lowest BCUT2D eigenvalue weighted by Gasteiger charge is -2.12. The van der Waals surface area contributed by atoms with Crippen LogP contribution in [0.4, 0.5) is 13.2 Å². The van der Waals surface area contributed by atoms with E-state index in [4.69, 9.17) is 28.7 Å². The lowest BCUT2D eigenvalue weighted by molar-refractivity contribution is -0.137. The first-order chi connectivity index (χ1) is 61.2. The number of unbranched alkanes of at least 4 members (excludes halogenated alkanes) is 3. The summed E-state index contributed by atoms with van der Waals surface area (Å²) in [5.74, 6) is -1.54. The van der Waals surface area contributed by atoms with E-state index >= 15 is 0 Å². The summed E-state index contributed by atoms with van der Waals surface area (Å²) in [5.41, 5.74) is 8.37. The Balaban J connectivity index is 0.000000157. The summed E-state index contributed by atoms with van der Waals surface area (Å²) in [6, 6.07) is 96.3. The quantitative estimate of drug-likeness (QED) is 0.0164. The summed E-state index contributed by atoms with van der Waals surface area (Å²) in [6.07, 6.45) is 2.48. The summed E-state index contributed by atoms with van der Waals surface area (Å²) >= 11 is 4.20. The van der Waals surface area contributed by atoms with Crippen LogP contribution in [0.1, 0.15) is 118 Å². The van der Waals surface area contributed by atoms with Crippen molar-refractivity contribution in [3.8, 4) is 0 Å². The molecule has 0 fully saturated rings. The number of ketones is 1. The molecule has 2 atom stereocenters. The second-order valence-corrected chi connectivity index (χ2v) is 36.4. The Bertz CT molecular complexity index is 6480. The SMILES string of the molecule is C/C(=N\OS(=O)c1cccc2ccccc12)c1ccccc1.CCCCCC/C(=N\OS(=O)(=O)c1ccc(C)cc1)C(=O)c1ccc(Sc2ccccc2)cc1.O=C(N/C(=N\OS(=O)(=O)c1ccccc1)c1cccc(C(F)(F)F)c1)c1ccccc1.O=S(=O)(ON=C1Cc2ccccc2C1)c1cccc(Cl)c1.O=S(O/N=C1\CCc2ccccc21)c1ccccc1. The molecular weight excluding hydrogens is 1760 g/mol. The van der Waals surface area contributed by atoms with Gasteiger partial charge >= 0.3 is 36.5 Å². The third-order valence-electron chi connectivity index (χ3n) is 18.9. The van der Waals surface area contributed by atoms with Crippen molar-refractivity contribution < 1.29 is 77.9 Å². The summed E-state index contributed by atoms with van der Waals surface area (Å²) in [4.78, 5) is 28.8. The number of nitrogens with zero attached hydrogens (tertiary/aromatic N) is 5. The number of oxime groups is 5. The lowest BCUT2D eigenvalue weighted by Crippen LogP contribution is -2.32. The summed E-state index contributed by atoms with van der Waals surface area (Å²) in [5, 5.41) is 23.7. The zero-order chi connectivity index (χ0) is 90.2. The third-order valence-corrected chi connectivity index (χ3v) is 25.3. The van der Waals surface area contributed by atoms with Crippen LogP contribution in [-0.2, 0) is 99.4 Å². The predicted octanol–water partition coefficient (Wildman–Crippen LogP) is 21.8. The maximum Gasteiger partial charge on any atom is 0.416 e. The predicted molar refractivity (Wildman–Crippen MR) is 490 cm³/mol. The van der Waals surface area contributed by atoms with Crippen LogP contribution in [-0.4, -0.2) is 74.0 Å². The van der Waals surface area contributed by atoms with Crippen molar-refractivity contribution in [1.29, 1.82) is 0 Å². The molecule has 15 rings (SSSR count). The first-order valence-electron chi connectivity index (χ1n) is 39.5. The zero-order valence-electron chi connectivity index (χ0n) is 68.5. The van der Waals surface area contributed by atoms with Crippen LogP contribution in [0.25, 0.3) is 10.8 Å². The van der Waals surface area contributed by atoms with E-state index in [9.17, 15) is 56.4 Å². The Hall–Kier alpha value is -12.8. The number of hydrogen-bond acceptors (Lipinski definition) is 21. The Labute approximate surface area is 749 Å². The molecule has 13 aromatic carbocycles. The number of nitrogens with one attached hydrogen (secondary N) is 1. The van der Waals surface area contributed by atoms with Crippen LogP contribution in [0.5, 0.6) is 0 Å². The molecule has 127 heavy (non-hydrogen) atoms. The highest BCUT2D eigenvalue weighted by molar-refractivity contribution is 7.99. The van der Waals surface area contributed by atoms with E-state index in [2.05, 4.69) is 48.4 Å². The highest BCUT2D eigenvalue weighted by Gasteiger charge is 2.32. The van der Waals surface area contributed by atoms with Crippen LogP contribution in [0.3, 0.4) is 0 Å². The number of rotatable bonds is 27. The molecule has 0 saturated heterocycles. The normalized spacial score (nSPS) is 13.3. The van der Waals surface area contributed by atoms with E-state index in [0.717, 1.165) is 111 Å². The van der Waals surface area contributed by atoms with Crippen molar-refractivity contribution in [2.45, 2.75) is 119 Å². The Morgan fingerprint density at radius 2 is 1.00 bits per heavy atom. The number of fused-ring (bicyclic) bond motifs is 3. The molecule has 0 aromatic heterocycles. The van der Waals surface area contributed by atoms with Gasteiger partial charge in [0.1, 0.15) is 20.4 Å². The van der Waals surface area contributed by atoms with Gasteiger partial charge in [0.15, 0.2) is 5.84 Å². The van der Waals surface area contributed by atoms with E-state index in [-0.39, 0.29) is 37.3 Å². The molecule has 0 bridgehead atoms. The summed E-state index contributed by atoms with van der Waals surface area (Å²) in [7, 11) is -12.4. The molecule has 0 spiro atoms. The van der Waals surface area contributed by atoms with Crippen molar-refractivity contribution >= 4 is 127 Å². The van der Waals surface area contributed by atoms with Gasteiger partial charge in [-0.3, -0.25) is 31.0 Å². The van der Waals surface area contributed by atoms with Gasteiger partial charge in [0.25, 0.3) is 28.1 Å². The number of hydrogen-bond donors (Lipinski definition) is 1. The minimum atomic E-state index is -4.65. The van der Waals surface area contributed by atoms with E-state index in [1.54, 1.807) is 90.6 Å². The minimum absolute atomic E-state index is 0.00178. The first kappa shape index (κ1) is 94.9. The van der Waals surface area contributed by atoms with Gasteiger partial charge < -0.3 is 5.32 Å². The maximum atomic E-state index is 13.2. The number of carbonyl (C=O) groups excluding carboxylic acids is 2. The highest BCUT2D eigenvalue weighted by atomic mass is 35.5. The van der Waals surface area contributed by atoms with Gasteiger partial charge in [-0.15, -0.1) is 0 Å².